The average molecular weight is 378 g/mol. The largest absolute Gasteiger partial charge is 0.497 e. The third-order valence-corrected chi connectivity index (χ3v) is 4.75. The van der Waals surface area contributed by atoms with Crippen molar-refractivity contribution in [3.8, 4) is 5.75 Å². The smallest absolute Gasteiger partial charge is 0.279 e. The van der Waals surface area contributed by atoms with E-state index in [4.69, 9.17) is 9.47 Å². The van der Waals surface area contributed by atoms with Gasteiger partial charge in [0.05, 0.1) is 23.9 Å². The molecule has 1 amide bonds. The summed E-state index contributed by atoms with van der Waals surface area (Å²) in [6.07, 6.45) is 0. The molecule has 0 atom stereocenters. The molecule has 1 aromatic heterocycles. The number of hydrogen-bond acceptors (Lipinski definition) is 4. The first-order valence-corrected chi connectivity index (χ1v) is 8.55. The molecule has 0 saturated heterocycles. The fraction of sp³-hybridized carbons (Fsp3) is 0.222. The van der Waals surface area contributed by atoms with Crippen LogP contribution >= 0.6 is 11.3 Å². The molecular formula is C18H16F2N2O3S. The van der Waals surface area contributed by atoms with Crippen molar-refractivity contribution in [1.82, 2.24) is 4.57 Å². The second-order valence-corrected chi connectivity index (χ2v) is 6.42. The highest BCUT2D eigenvalue weighted by atomic mass is 32.1. The standard InChI is InChI=1S/C18H16F2N2O3S/c1-24-7-6-22-16-14(20)9-12(19)10-15(16)26-18(22)21-17(23)11-4-3-5-13(8-11)25-2/h3-5,8-10H,6-7H2,1-2H3. The Morgan fingerprint density at radius 3 is 2.77 bits per heavy atom. The minimum Gasteiger partial charge on any atom is -0.497 e. The highest BCUT2D eigenvalue weighted by Crippen LogP contribution is 2.22. The van der Waals surface area contributed by atoms with Crippen LogP contribution in [-0.4, -0.2) is 31.3 Å². The number of ether oxygens (including phenoxy) is 2. The number of hydrogen-bond donors (Lipinski definition) is 0. The quantitative estimate of drug-likeness (QED) is 0.684. The molecule has 0 aliphatic carbocycles. The van der Waals surface area contributed by atoms with E-state index in [1.54, 1.807) is 24.3 Å². The van der Waals surface area contributed by atoms with Crippen molar-refractivity contribution in [1.29, 1.82) is 0 Å². The van der Waals surface area contributed by atoms with Crippen LogP contribution in [0.2, 0.25) is 0 Å². The fourth-order valence-electron chi connectivity index (χ4n) is 2.51. The van der Waals surface area contributed by atoms with E-state index in [9.17, 15) is 13.6 Å². The van der Waals surface area contributed by atoms with Gasteiger partial charge in [0.1, 0.15) is 11.6 Å². The van der Waals surface area contributed by atoms with Gasteiger partial charge >= 0.3 is 0 Å². The molecule has 0 radical (unpaired) electrons. The predicted octanol–water partition coefficient (Wildman–Crippen LogP) is 3.38. The van der Waals surface area contributed by atoms with E-state index < -0.39 is 17.5 Å². The Morgan fingerprint density at radius 2 is 2.04 bits per heavy atom. The average Bonchev–Trinajstić information content (AvgIpc) is 2.96. The van der Waals surface area contributed by atoms with E-state index in [2.05, 4.69) is 4.99 Å². The zero-order chi connectivity index (χ0) is 18.7. The number of amides is 1. The van der Waals surface area contributed by atoms with Crippen molar-refractivity contribution in [2.24, 2.45) is 4.99 Å². The van der Waals surface area contributed by atoms with Crippen LogP contribution in [0.4, 0.5) is 8.78 Å². The summed E-state index contributed by atoms with van der Waals surface area (Å²) in [6.45, 7) is 0.576. The molecule has 0 unspecified atom stereocenters. The van der Waals surface area contributed by atoms with Crippen molar-refractivity contribution < 1.29 is 23.0 Å². The molecule has 26 heavy (non-hydrogen) atoms. The van der Waals surface area contributed by atoms with Gasteiger partial charge in [0.2, 0.25) is 0 Å². The fourth-order valence-corrected chi connectivity index (χ4v) is 3.61. The third-order valence-electron chi connectivity index (χ3n) is 3.73. The molecule has 1 heterocycles. The summed E-state index contributed by atoms with van der Waals surface area (Å²) in [4.78, 5) is 16.9. The van der Waals surface area contributed by atoms with E-state index in [0.717, 1.165) is 17.4 Å². The van der Waals surface area contributed by atoms with Gasteiger partial charge in [-0.25, -0.2) is 8.78 Å². The number of benzene rings is 2. The first-order chi connectivity index (χ1) is 12.5. The number of halogens is 2. The molecule has 8 heteroatoms. The maximum absolute atomic E-state index is 14.3. The van der Waals surface area contributed by atoms with Gasteiger partial charge in [-0.2, -0.15) is 4.99 Å². The Labute approximate surface area is 152 Å². The van der Waals surface area contributed by atoms with E-state index in [-0.39, 0.29) is 16.9 Å². The van der Waals surface area contributed by atoms with Crippen LogP contribution in [0.3, 0.4) is 0 Å². The molecule has 0 bridgehead atoms. The summed E-state index contributed by atoms with van der Waals surface area (Å²) in [5, 5.41) is 0. The molecule has 0 saturated carbocycles. The lowest BCUT2D eigenvalue weighted by Crippen LogP contribution is -2.20. The number of carbonyl (C=O) groups is 1. The number of fused-ring (bicyclic) bond motifs is 1. The van der Waals surface area contributed by atoms with Crippen LogP contribution in [0, 0.1) is 11.6 Å². The van der Waals surface area contributed by atoms with Crippen LogP contribution in [0.5, 0.6) is 5.75 Å². The molecule has 3 rings (SSSR count). The Kier molecular flexibility index (Phi) is 5.43. The lowest BCUT2D eigenvalue weighted by atomic mass is 10.2. The molecule has 0 aliphatic rings. The summed E-state index contributed by atoms with van der Waals surface area (Å²) in [5.41, 5.74) is 0.539. The predicted molar refractivity (Wildman–Crippen MR) is 94.5 cm³/mol. The third kappa shape index (κ3) is 3.66. The van der Waals surface area contributed by atoms with Gasteiger partial charge < -0.3 is 14.0 Å². The molecule has 0 fully saturated rings. The zero-order valence-electron chi connectivity index (χ0n) is 14.2. The summed E-state index contributed by atoms with van der Waals surface area (Å²) >= 11 is 1.04. The van der Waals surface area contributed by atoms with Crippen LogP contribution in [0.1, 0.15) is 10.4 Å². The van der Waals surface area contributed by atoms with Crippen LogP contribution in [-0.2, 0) is 11.3 Å². The van der Waals surface area contributed by atoms with E-state index in [0.29, 0.717) is 22.6 Å². The topological polar surface area (TPSA) is 52.8 Å². The monoisotopic (exact) mass is 378 g/mol. The van der Waals surface area contributed by atoms with Crippen molar-refractivity contribution in [2.75, 3.05) is 20.8 Å². The minimum absolute atomic E-state index is 0.200. The number of thiazole rings is 1. The molecular weight excluding hydrogens is 362 g/mol. The maximum Gasteiger partial charge on any atom is 0.279 e. The highest BCUT2D eigenvalue weighted by molar-refractivity contribution is 7.16. The van der Waals surface area contributed by atoms with Gasteiger partial charge in [0.15, 0.2) is 10.6 Å². The Balaban J connectivity index is 2.14. The lowest BCUT2D eigenvalue weighted by Gasteiger charge is -2.05. The van der Waals surface area contributed by atoms with Crippen LogP contribution in [0.25, 0.3) is 10.2 Å². The normalized spacial score (nSPS) is 11.9. The summed E-state index contributed by atoms with van der Waals surface area (Å²) in [5.74, 6) is -1.35. The molecule has 2 aromatic carbocycles. The van der Waals surface area contributed by atoms with Crippen LogP contribution < -0.4 is 9.54 Å². The van der Waals surface area contributed by atoms with E-state index in [1.807, 2.05) is 0 Å². The highest BCUT2D eigenvalue weighted by Gasteiger charge is 2.14. The van der Waals surface area contributed by atoms with Gasteiger partial charge in [0, 0.05) is 25.3 Å². The SMILES string of the molecule is COCCn1c(=NC(=O)c2cccc(OC)c2)sc2cc(F)cc(F)c21. The second kappa shape index (κ2) is 7.76. The molecule has 0 N–H and O–H groups in total. The number of carbonyl (C=O) groups excluding carboxylic acids is 1. The number of aromatic nitrogens is 1. The van der Waals surface area contributed by atoms with Crippen molar-refractivity contribution >= 4 is 27.5 Å². The summed E-state index contributed by atoms with van der Waals surface area (Å²) in [6, 6.07) is 8.61. The lowest BCUT2D eigenvalue weighted by molar-refractivity contribution is 0.0997. The number of methoxy groups -OCH3 is 2. The first-order valence-electron chi connectivity index (χ1n) is 7.74. The van der Waals surface area contributed by atoms with Crippen molar-refractivity contribution in [3.05, 3.63) is 58.4 Å². The number of nitrogens with zero attached hydrogens (tertiary/aromatic N) is 2. The molecule has 3 aromatic rings. The molecule has 0 aliphatic heterocycles. The minimum atomic E-state index is -0.706. The number of rotatable bonds is 5. The maximum atomic E-state index is 14.3. The van der Waals surface area contributed by atoms with Gasteiger partial charge in [0.25, 0.3) is 5.91 Å². The summed E-state index contributed by atoms with van der Waals surface area (Å²) < 4.78 is 39.8. The second-order valence-electron chi connectivity index (χ2n) is 5.41. The Morgan fingerprint density at radius 1 is 1.23 bits per heavy atom. The van der Waals surface area contributed by atoms with Gasteiger partial charge in [-0.15, -0.1) is 0 Å². The summed E-state index contributed by atoms with van der Waals surface area (Å²) in [7, 11) is 3.02. The van der Waals surface area contributed by atoms with Gasteiger partial charge in [-0.1, -0.05) is 17.4 Å². The van der Waals surface area contributed by atoms with E-state index in [1.165, 1.54) is 24.9 Å². The molecule has 136 valence electrons. The van der Waals surface area contributed by atoms with Gasteiger partial charge in [-0.3, -0.25) is 4.79 Å². The van der Waals surface area contributed by atoms with Crippen molar-refractivity contribution in [3.63, 3.8) is 0 Å². The Bertz CT molecular complexity index is 1030. The van der Waals surface area contributed by atoms with E-state index >= 15 is 0 Å². The molecule has 0 spiro atoms. The Hall–Kier alpha value is -2.58. The first kappa shape index (κ1) is 18.2. The van der Waals surface area contributed by atoms with Crippen molar-refractivity contribution in [2.45, 2.75) is 6.54 Å². The molecule has 5 nitrogen and oxygen atoms in total. The van der Waals surface area contributed by atoms with Gasteiger partial charge in [-0.05, 0) is 24.3 Å². The van der Waals surface area contributed by atoms with Crippen LogP contribution in [0.15, 0.2) is 41.4 Å². The zero-order valence-corrected chi connectivity index (χ0v) is 15.0.